The fourth-order valence-electron chi connectivity index (χ4n) is 0.734. The molecule has 4 nitrogen and oxygen atoms in total. The molecule has 0 radical (unpaired) electrons. The summed E-state index contributed by atoms with van der Waals surface area (Å²) in [4.78, 5) is 3.51. The Hall–Kier alpha value is -1.33. The molecule has 4 N–H and O–H groups in total. The van der Waals surface area contributed by atoms with Crippen LogP contribution in [-0.4, -0.2) is 11.2 Å². The van der Waals surface area contributed by atoms with Gasteiger partial charge in [-0.25, -0.2) is 14.9 Å². The van der Waals surface area contributed by atoms with Crippen LogP contribution in [0.5, 0.6) is 0 Å². The molecule has 1 aromatic carbocycles. The van der Waals surface area contributed by atoms with E-state index >= 15 is 0 Å². The van der Waals surface area contributed by atoms with Crippen LogP contribution in [0.1, 0.15) is 0 Å². The van der Waals surface area contributed by atoms with Crippen molar-refractivity contribution in [1.29, 1.82) is 0 Å². The molecule has 0 aromatic heterocycles. The minimum Gasteiger partial charge on any atom is -0.368 e. The van der Waals surface area contributed by atoms with E-state index in [4.69, 9.17) is 22.5 Å². The number of nitrogens with zero attached hydrogens (tertiary/aromatic N) is 1. The molecule has 0 unspecified atom stereocenters. The monoisotopic (exact) mass is 203 g/mol. The van der Waals surface area contributed by atoms with Crippen LogP contribution < -0.4 is 11.2 Å². The molecule has 0 amide bonds. The highest BCUT2D eigenvalue weighted by molar-refractivity contribution is 6.31. The van der Waals surface area contributed by atoms with E-state index in [1.807, 2.05) is 0 Å². The molecule has 0 fully saturated rings. The maximum absolute atomic E-state index is 13.1. The zero-order chi connectivity index (χ0) is 9.84. The third-order valence-electron chi connectivity index (χ3n) is 1.29. The Labute approximate surface area is 78.8 Å². The van der Waals surface area contributed by atoms with Gasteiger partial charge in [-0.3, -0.25) is 5.21 Å². The van der Waals surface area contributed by atoms with Gasteiger partial charge >= 0.3 is 0 Å². The van der Waals surface area contributed by atoms with Crippen LogP contribution in [0.3, 0.4) is 0 Å². The van der Waals surface area contributed by atoms with Crippen molar-refractivity contribution in [2.24, 2.45) is 10.7 Å². The van der Waals surface area contributed by atoms with Crippen LogP contribution in [0, 0.1) is 5.82 Å². The van der Waals surface area contributed by atoms with E-state index in [0.717, 1.165) is 0 Å². The summed E-state index contributed by atoms with van der Waals surface area (Å²) >= 11 is 5.47. The van der Waals surface area contributed by atoms with Crippen molar-refractivity contribution in [2.45, 2.75) is 0 Å². The van der Waals surface area contributed by atoms with Gasteiger partial charge in [0.15, 0.2) is 5.82 Å². The SMILES string of the molecule is NC(=Nc1cccc(Cl)c1F)NO. The first kappa shape index (κ1) is 9.76. The molecule has 0 saturated heterocycles. The Morgan fingerprint density at radius 1 is 1.62 bits per heavy atom. The van der Waals surface area contributed by atoms with Gasteiger partial charge in [-0.15, -0.1) is 0 Å². The molecule has 0 aliphatic rings. The number of nitrogens with two attached hydrogens (primary N) is 1. The van der Waals surface area contributed by atoms with Crippen molar-refractivity contribution in [2.75, 3.05) is 0 Å². The standard InChI is InChI=1S/C7H7ClFN3O/c8-4-2-1-3-5(6(4)9)11-7(10)12-13/h1-3,13H,(H3,10,11,12). The summed E-state index contributed by atoms with van der Waals surface area (Å²) in [6.45, 7) is 0. The first-order valence-corrected chi connectivity index (χ1v) is 3.71. The minimum atomic E-state index is -0.678. The quantitative estimate of drug-likeness (QED) is 0.367. The summed E-state index contributed by atoms with van der Waals surface area (Å²) < 4.78 is 13.1. The number of nitrogens with one attached hydrogen (secondary N) is 1. The van der Waals surface area contributed by atoms with Crippen LogP contribution in [0.4, 0.5) is 10.1 Å². The molecule has 70 valence electrons. The van der Waals surface area contributed by atoms with Crippen molar-refractivity contribution in [3.05, 3.63) is 29.0 Å². The number of guanidine groups is 1. The van der Waals surface area contributed by atoms with Gasteiger partial charge in [0.1, 0.15) is 5.69 Å². The van der Waals surface area contributed by atoms with E-state index in [1.165, 1.54) is 18.2 Å². The van der Waals surface area contributed by atoms with E-state index in [2.05, 4.69) is 4.99 Å². The van der Waals surface area contributed by atoms with Gasteiger partial charge in [-0.2, -0.15) is 0 Å². The number of halogens is 2. The number of benzene rings is 1. The van der Waals surface area contributed by atoms with Gasteiger partial charge in [0.2, 0.25) is 5.96 Å². The van der Waals surface area contributed by atoms with Crippen LogP contribution in [0.2, 0.25) is 5.02 Å². The second-order valence-electron chi connectivity index (χ2n) is 2.18. The molecule has 1 rings (SSSR count). The summed E-state index contributed by atoms with van der Waals surface area (Å²) in [5.74, 6) is -0.983. The molecule has 0 saturated carbocycles. The molecule has 0 spiro atoms. The predicted molar refractivity (Wildman–Crippen MR) is 47.6 cm³/mol. The molecular weight excluding hydrogens is 197 g/mol. The average Bonchev–Trinajstić information content (AvgIpc) is 2.13. The lowest BCUT2D eigenvalue weighted by Gasteiger charge is -2.00. The van der Waals surface area contributed by atoms with Crippen LogP contribution in [0.25, 0.3) is 0 Å². The van der Waals surface area contributed by atoms with E-state index < -0.39 is 5.82 Å². The fourth-order valence-corrected chi connectivity index (χ4v) is 0.903. The van der Waals surface area contributed by atoms with Gasteiger partial charge in [0.25, 0.3) is 0 Å². The van der Waals surface area contributed by atoms with Crippen molar-refractivity contribution < 1.29 is 9.60 Å². The Bertz CT molecular complexity index is 343. The lowest BCUT2D eigenvalue weighted by Crippen LogP contribution is -2.27. The molecule has 0 aliphatic carbocycles. The summed E-state index contributed by atoms with van der Waals surface area (Å²) in [5, 5.41) is 8.25. The van der Waals surface area contributed by atoms with Gasteiger partial charge in [-0.05, 0) is 12.1 Å². The van der Waals surface area contributed by atoms with Crippen LogP contribution >= 0.6 is 11.6 Å². The van der Waals surface area contributed by atoms with Crippen LogP contribution in [0.15, 0.2) is 23.2 Å². The Kier molecular flexibility index (Phi) is 3.05. The number of aliphatic imine (C=N–C) groups is 1. The Morgan fingerprint density at radius 2 is 2.31 bits per heavy atom. The summed E-state index contributed by atoms with van der Waals surface area (Å²) in [6.07, 6.45) is 0. The number of hydrogen-bond donors (Lipinski definition) is 3. The van der Waals surface area contributed by atoms with E-state index in [1.54, 1.807) is 5.48 Å². The van der Waals surface area contributed by atoms with E-state index in [0.29, 0.717) is 0 Å². The summed E-state index contributed by atoms with van der Waals surface area (Å²) in [5.41, 5.74) is 6.65. The third kappa shape index (κ3) is 2.30. The first-order chi connectivity index (χ1) is 6.15. The van der Waals surface area contributed by atoms with E-state index in [9.17, 15) is 4.39 Å². The second-order valence-corrected chi connectivity index (χ2v) is 2.59. The normalized spacial score (nSPS) is 11.5. The Morgan fingerprint density at radius 3 is 2.92 bits per heavy atom. The van der Waals surface area contributed by atoms with Gasteiger partial charge in [0, 0.05) is 0 Å². The lowest BCUT2D eigenvalue weighted by atomic mass is 10.3. The third-order valence-corrected chi connectivity index (χ3v) is 1.58. The molecule has 6 heteroatoms. The number of rotatable bonds is 1. The molecular formula is C7H7ClFN3O. The molecule has 1 aromatic rings. The van der Waals surface area contributed by atoms with E-state index in [-0.39, 0.29) is 16.7 Å². The van der Waals surface area contributed by atoms with Gasteiger partial charge in [-0.1, -0.05) is 17.7 Å². The van der Waals surface area contributed by atoms with Crippen molar-refractivity contribution >= 4 is 23.2 Å². The van der Waals surface area contributed by atoms with Gasteiger partial charge in [0.05, 0.1) is 5.02 Å². The highest BCUT2D eigenvalue weighted by atomic mass is 35.5. The highest BCUT2D eigenvalue weighted by Gasteiger charge is 2.04. The summed E-state index contributed by atoms with van der Waals surface area (Å²) in [6, 6.07) is 4.29. The molecule has 0 aliphatic heterocycles. The Balaban J connectivity index is 3.09. The predicted octanol–water partition coefficient (Wildman–Crippen LogP) is 1.40. The zero-order valence-corrected chi connectivity index (χ0v) is 7.22. The highest BCUT2D eigenvalue weighted by Crippen LogP contribution is 2.23. The summed E-state index contributed by atoms with van der Waals surface area (Å²) in [7, 11) is 0. The molecule has 13 heavy (non-hydrogen) atoms. The second kappa shape index (κ2) is 4.06. The minimum absolute atomic E-state index is 0.0356. The molecule has 0 heterocycles. The molecule has 0 atom stereocenters. The van der Waals surface area contributed by atoms with Crippen LogP contribution in [-0.2, 0) is 0 Å². The smallest absolute Gasteiger partial charge is 0.218 e. The molecule has 0 bridgehead atoms. The fraction of sp³-hybridized carbons (Fsp3) is 0. The number of hydroxylamine groups is 1. The zero-order valence-electron chi connectivity index (χ0n) is 6.46. The van der Waals surface area contributed by atoms with Crippen molar-refractivity contribution in [3.8, 4) is 0 Å². The maximum atomic E-state index is 13.1. The largest absolute Gasteiger partial charge is 0.368 e. The van der Waals surface area contributed by atoms with Crippen molar-refractivity contribution in [3.63, 3.8) is 0 Å². The maximum Gasteiger partial charge on any atom is 0.218 e. The topological polar surface area (TPSA) is 70.6 Å². The average molecular weight is 204 g/mol. The lowest BCUT2D eigenvalue weighted by molar-refractivity contribution is 0.233. The van der Waals surface area contributed by atoms with Gasteiger partial charge < -0.3 is 5.73 Å². The number of hydrogen-bond acceptors (Lipinski definition) is 2. The van der Waals surface area contributed by atoms with Crippen molar-refractivity contribution in [1.82, 2.24) is 5.48 Å². The first-order valence-electron chi connectivity index (χ1n) is 3.33.